The maximum Gasteiger partial charge on any atom is 0.324 e. The van der Waals surface area contributed by atoms with Crippen LogP contribution in [-0.4, -0.2) is 35.8 Å². The van der Waals surface area contributed by atoms with E-state index in [1.807, 2.05) is 6.92 Å². The standard InChI is InChI=1S/C14H16ClN3O3/c1-9-10(15)4-2-5-11(9)17-12(19)6-3-7-18-13(20)8-16-14(18)21/h2,4-5H,3,6-8H2,1H3,(H,16,21)(H,17,19). The Morgan fingerprint density at radius 2 is 2.19 bits per heavy atom. The summed E-state index contributed by atoms with van der Waals surface area (Å²) in [6.45, 7) is 2.10. The second-order valence-corrected chi connectivity index (χ2v) is 5.18. The minimum absolute atomic E-state index is 0.0345. The predicted molar refractivity (Wildman–Crippen MR) is 79.2 cm³/mol. The van der Waals surface area contributed by atoms with E-state index in [1.165, 1.54) is 0 Å². The number of hydrogen-bond donors (Lipinski definition) is 2. The lowest BCUT2D eigenvalue weighted by Gasteiger charge is -2.12. The molecule has 21 heavy (non-hydrogen) atoms. The van der Waals surface area contributed by atoms with Crippen molar-refractivity contribution in [3.63, 3.8) is 0 Å². The van der Waals surface area contributed by atoms with Gasteiger partial charge in [-0.05, 0) is 31.0 Å². The summed E-state index contributed by atoms with van der Waals surface area (Å²) in [6, 6.07) is 4.89. The number of imide groups is 1. The number of anilines is 1. The smallest absolute Gasteiger partial charge is 0.324 e. The van der Waals surface area contributed by atoms with Gasteiger partial charge in [-0.25, -0.2) is 4.79 Å². The van der Waals surface area contributed by atoms with E-state index in [1.54, 1.807) is 18.2 Å². The molecule has 0 atom stereocenters. The summed E-state index contributed by atoms with van der Waals surface area (Å²) in [6.07, 6.45) is 0.646. The number of urea groups is 1. The summed E-state index contributed by atoms with van der Waals surface area (Å²) in [5.41, 5.74) is 1.48. The molecule has 0 saturated carbocycles. The summed E-state index contributed by atoms with van der Waals surface area (Å²) >= 11 is 5.98. The molecule has 1 saturated heterocycles. The lowest BCUT2D eigenvalue weighted by Crippen LogP contribution is -2.32. The van der Waals surface area contributed by atoms with Gasteiger partial charge in [-0.15, -0.1) is 0 Å². The van der Waals surface area contributed by atoms with Gasteiger partial charge in [0.2, 0.25) is 11.8 Å². The molecule has 0 bridgehead atoms. The van der Waals surface area contributed by atoms with Crippen LogP contribution in [0.4, 0.5) is 10.5 Å². The molecule has 0 radical (unpaired) electrons. The Morgan fingerprint density at radius 3 is 2.86 bits per heavy atom. The maximum absolute atomic E-state index is 11.9. The first-order valence-corrected chi connectivity index (χ1v) is 7.00. The van der Waals surface area contributed by atoms with Crippen LogP contribution in [0.3, 0.4) is 0 Å². The third-order valence-corrected chi connectivity index (χ3v) is 3.67. The second-order valence-electron chi connectivity index (χ2n) is 4.77. The van der Waals surface area contributed by atoms with Crippen molar-refractivity contribution in [1.29, 1.82) is 0 Å². The monoisotopic (exact) mass is 309 g/mol. The highest BCUT2D eigenvalue weighted by molar-refractivity contribution is 6.31. The zero-order valence-electron chi connectivity index (χ0n) is 11.6. The van der Waals surface area contributed by atoms with Crippen molar-refractivity contribution in [2.45, 2.75) is 19.8 Å². The van der Waals surface area contributed by atoms with Gasteiger partial charge < -0.3 is 10.6 Å². The largest absolute Gasteiger partial charge is 0.329 e. The average molecular weight is 310 g/mol. The summed E-state index contributed by atoms with van der Waals surface area (Å²) in [7, 11) is 0. The highest BCUT2D eigenvalue weighted by Crippen LogP contribution is 2.23. The molecule has 2 rings (SSSR count). The summed E-state index contributed by atoms with van der Waals surface area (Å²) < 4.78 is 0. The highest BCUT2D eigenvalue weighted by atomic mass is 35.5. The molecule has 1 aliphatic heterocycles. The van der Waals surface area contributed by atoms with Crippen molar-refractivity contribution in [2.24, 2.45) is 0 Å². The summed E-state index contributed by atoms with van der Waals surface area (Å²) in [4.78, 5) is 35.7. The third-order valence-electron chi connectivity index (χ3n) is 3.26. The number of rotatable bonds is 5. The van der Waals surface area contributed by atoms with Gasteiger partial charge >= 0.3 is 6.03 Å². The van der Waals surface area contributed by atoms with E-state index in [0.29, 0.717) is 17.1 Å². The van der Waals surface area contributed by atoms with Crippen LogP contribution >= 0.6 is 11.6 Å². The van der Waals surface area contributed by atoms with Crippen LogP contribution in [0, 0.1) is 6.92 Å². The van der Waals surface area contributed by atoms with Crippen molar-refractivity contribution in [2.75, 3.05) is 18.4 Å². The molecule has 1 heterocycles. The second kappa shape index (κ2) is 6.58. The van der Waals surface area contributed by atoms with Crippen LogP contribution in [-0.2, 0) is 9.59 Å². The number of carbonyl (C=O) groups is 3. The van der Waals surface area contributed by atoms with Crippen LogP contribution in [0.1, 0.15) is 18.4 Å². The first-order valence-electron chi connectivity index (χ1n) is 6.62. The van der Waals surface area contributed by atoms with E-state index < -0.39 is 6.03 Å². The Balaban J connectivity index is 1.81. The van der Waals surface area contributed by atoms with Crippen molar-refractivity contribution < 1.29 is 14.4 Å². The fourth-order valence-corrected chi connectivity index (χ4v) is 2.21. The lowest BCUT2D eigenvalue weighted by atomic mass is 10.2. The average Bonchev–Trinajstić information content (AvgIpc) is 2.75. The van der Waals surface area contributed by atoms with E-state index >= 15 is 0 Å². The van der Waals surface area contributed by atoms with Gasteiger partial charge in [0.25, 0.3) is 0 Å². The van der Waals surface area contributed by atoms with E-state index in [9.17, 15) is 14.4 Å². The molecule has 7 heteroatoms. The Kier molecular flexibility index (Phi) is 4.80. The van der Waals surface area contributed by atoms with E-state index in [-0.39, 0.29) is 31.3 Å². The molecule has 0 spiro atoms. The van der Waals surface area contributed by atoms with Crippen LogP contribution in [0.15, 0.2) is 18.2 Å². The molecule has 1 aromatic carbocycles. The molecule has 112 valence electrons. The van der Waals surface area contributed by atoms with Gasteiger partial charge in [-0.1, -0.05) is 17.7 Å². The number of amides is 4. The fraction of sp³-hybridized carbons (Fsp3) is 0.357. The Bertz CT molecular complexity index is 573. The van der Waals surface area contributed by atoms with Crippen LogP contribution in [0.5, 0.6) is 0 Å². The Morgan fingerprint density at radius 1 is 1.43 bits per heavy atom. The number of hydrogen-bond acceptors (Lipinski definition) is 3. The van der Waals surface area contributed by atoms with Crippen LogP contribution in [0.25, 0.3) is 0 Å². The van der Waals surface area contributed by atoms with Crippen LogP contribution in [0.2, 0.25) is 5.02 Å². The molecule has 4 amide bonds. The molecular formula is C14H16ClN3O3. The molecule has 1 aliphatic rings. The normalized spacial score (nSPS) is 14.3. The van der Waals surface area contributed by atoms with Crippen LogP contribution < -0.4 is 10.6 Å². The van der Waals surface area contributed by atoms with Crippen molar-refractivity contribution in [3.05, 3.63) is 28.8 Å². The van der Waals surface area contributed by atoms with Gasteiger partial charge in [0.05, 0.1) is 6.54 Å². The molecule has 2 N–H and O–H groups in total. The number of carbonyl (C=O) groups excluding carboxylic acids is 3. The topological polar surface area (TPSA) is 78.5 Å². The summed E-state index contributed by atoms with van der Waals surface area (Å²) in [5, 5.41) is 5.79. The first-order chi connectivity index (χ1) is 9.99. The van der Waals surface area contributed by atoms with Gasteiger partial charge in [-0.3, -0.25) is 14.5 Å². The number of halogens is 1. The molecule has 0 aromatic heterocycles. The Hall–Kier alpha value is -2.08. The summed E-state index contributed by atoms with van der Waals surface area (Å²) in [5.74, 6) is -0.432. The van der Waals surface area contributed by atoms with E-state index in [2.05, 4.69) is 10.6 Å². The highest BCUT2D eigenvalue weighted by Gasteiger charge is 2.27. The quantitative estimate of drug-likeness (QED) is 0.816. The zero-order valence-corrected chi connectivity index (χ0v) is 12.4. The van der Waals surface area contributed by atoms with Gasteiger partial charge in [0.15, 0.2) is 0 Å². The Labute approximate surface area is 127 Å². The maximum atomic E-state index is 11.9. The van der Waals surface area contributed by atoms with Gasteiger partial charge in [0.1, 0.15) is 0 Å². The molecule has 0 aliphatic carbocycles. The number of nitrogens with one attached hydrogen (secondary N) is 2. The zero-order chi connectivity index (χ0) is 15.4. The van der Waals surface area contributed by atoms with E-state index in [4.69, 9.17) is 11.6 Å². The molecule has 1 aromatic rings. The van der Waals surface area contributed by atoms with Crippen molar-refractivity contribution >= 4 is 35.1 Å². The number of nitrogens with zero attached hydrogens (tertiary/aromatic N) is 1. The first kappa shape index (κ1) is 15.3. The lowest BCUT2D eigenvalue weighted by molar-refractivity contribution is -0.125. The van der Waals surface area contributed by atoms with Gasteiger partial charge in [-0.2, -0.15) is 0 Å². The fourth-order valence-electron chi connectivity index (χ4n) is 2.03. The van der Waals surface area contributed by atoms with E-state index in [0.717, 1.165) is 10.5 Å². The molecular weight excluding hydrogens is 294 g/mol. The van der Waals surface area contributed by atoms with Crippen molar-refractivity contribution in [1.82, 2.24) is 10.2 Å². The minimum atomic E-state index is -0.397. The van der Waals surface area contributed by atoms with Gasteiger partial charge in [0, 0.05) is 23.7 Å². The van der Waals surface area contributed by atoms with Crippen molar-refractivity contribution in [3.8, 4) is 0 Å². The molecule has 6 nitrogen and oxygen atoms in total. The molecule has 0 unspecified atom stereocenters. The number of benzene rings is 1. The minimum Gasteiger partial charge on any atom is -0.329 e. The third kappa shape index (κ3) is 3.72. The SMILES string of the molecule is Cc1c(Cl)cccc1NC(=O)CCCN1C(=O)CNC1=O. The predicted octanol–water partition coefficient (Wildman–Crippen LogP) is 1.92. The molecule has 1 fully saturated rings.